The molecule has 0 fully saturated rings. The molecule has 0 bridgehead atoms. The molecule has 0 aliphatic heterocycles. The van der Waals surface area contributed by atoms with Gasteiger partial charge in [0.25, 0.3) is 5.91 Å². The van der Waals surface area contributed by atoms with Gasteiger partial charge in [-0.15, -0.1) is 0 Å². The van der Waals surface area contributed by atoms with Crippen LogP contribution in [0.4, 0.5) is 0 Å². The molecule has 0 saturated carbocycles. The third-order valence-electron chi connectivity index (χ3n) is 5.54. The molecular formula is C25H45N3O5. The number of oxazole rings is 1. The van der Waals surface area contributed by atoms with Gasteiger partial charge >= 0.3 is 0 Å². The van der Waals surface area contributed by atoms with Crippen LogP contribution in [0.2, 0.25) is 0 Å². The van der Waals surface area contributed by atoms with E-state index >= 15 is 0 Å². The van der Waals surface area contributed by atoms with Gasteiger partial charge in [0.05, 0.1) is 6.54 Å². The number of amides is 2. The number of methoxy groups -OCH3 is 2. The first kappa shape index (κ1) is 29.1. The van der Waals surface area contributed by atoms with E-state index in [9.17, 15) is 9.59 Å². The van der Waals surface area contributed by atoms with Crippen molar-refractivity contribution < 1.29 is 23.5 Å². The number of unbranched alkanes of at least 4 members (excludes halogenated alkanes) is 8. The van der Waals surface area contributed by atoms with Crippen LogP contribution in [-0.2, 0) is 20.8 Å². The first-order valence-corrected chi connectivity index (χ1v) is 12.6. The standard InChI is InChI=1S/C25H45N3O5/c1-4-5-6-7-8-9-10-11-12-15-24(29)28(17-14-19-32-3)20-23-27-22(21-33-23)25(30)26-16-13-18-31-2/h21H,4-20H2,1-3H3,(H,26,30). The molecule has 2 amide bonds. The quantitative estimate of drug-likeness (QED) is 0.263. The second-order valence-electron chi connectivity index (χ2n) is 8.47. The van der Waals surface area contributed by atoms with Crippen molar-refractivity contribution in [3.8, 4) is 0 Å². The summed E-state index contributed by atoms with van der Waals surface area (Å²) in [6.45, 7) is 4.75. The Kier molecular flexibility index (Phi) is 17.2. The van der Waals surface area contributed by atoms with Crippen LogP contribution in [0, 0.1) is 0 Å². The summed E-state index contributed by atoms with van der Waals surface area (Å²) >= 11 is 0. The third-order valence-corrected chi connectivity index (χ3v) is 5.54. The van der Waals surface area contributed by atoms with Crippen molar-refractivity contribution in [2.24, 2.45) is 0 Å². The van der Waals surface area contributed by atoms with Gasteiger partial charge in [0.1, 0.15) is 6.26 Å². The van der Waals surface area contributed by atoms with Crippen molar-refractivity contribution in [3.05, 3.63) is 17.8 Å². The van der Waals surface area contributed by atoms with Crippen molar-refractivity contribution >= 4 is 11.8 Å². The number of ether oxygens (including phenoxy) is 2. The average Bonchev–Trinajstić information content (AvgIpc) is 3.29. The minimum Gasteiger partial charge on any atom is -0.446 e. The number of carbonyl (C=O) groups is 2. The molecule has 1 aromatic rings. The third kappa shape index (κ3) is 14.0. The van der Waals surface area contributed by atoms with E-state index in [1.807, 2.05) is 0 Å². The molecule has 0 aromatic carbocycles. The predicted molar refractivity (Wildman–Crippen MR) is 129 cm³/mol. The van der Waals surface area contributed by atoms with Crippen molar-refractivity contribution in [1.29, 1.82) is 0 Å². The van der Waals surface area contributed by atoms with E-state index in [1.165, 1.54) is 51.2 Å². The predicted octanol–water partition coefficient (Wildman–Crippen LogP) is 4.73. The van der Waals surface area contributed by atoms with E-state index in [1.54, 1.807) is 19.1 Å². The van der Waals surface area contributed by atoms with Gasteiger partial charge in [-0.1, -0.05) is 58.3 Å². The zero-order chi connectivity index (χ0) is 24.2. The molecule has 1 heterocycles. The molecule has 190 valence electrons. The van der Waals surface area contributed by atoms with E-state index in [2.05, 4.69) is 17.2 Å². The molecular weight excluding hydrogens is 422 g/mol. The monoisotopic (exact) mass is 467 g/mol. The molecule has 0 saturated heterocycles. The van der Waals surface area contributed by atoms with Crippen molar-refractivity contribution in [3.63, 3.8) is 0 Å². The fourth-order valence-electron chi connectivity index (χ4n) is 3.60. The highest BCUT2D eigenvalue weighted by molar-refractivity contribution is 5.91. The molecule has 0 aliphatic rings. The van der Waals surface area contributed by atoms with Crippen molar-refractivity contribution in [2.45, 2.75) is 90.5 Å². The Morgan fingerprint density at radius 3 is 2.24 bits per heavy atom. The van der Waals surface area contributed by atoms with Gasteiger partial charge < -0.3 is 24.1 Å². The van der Waals surface area contributed by atoms with Crippen LogP contribution in [0.15, 0.2) is 10.7 Å². The minimum absolute atomic E-state index is 0.0952. The lowest BCUT2D eigenvalue weighted by Gasteiger charge is -2.21. The number of hydrogen-bond donors (Lipinski definition) is 1. The summed E-state index contributed by atoms with van der Waals surface area (Å²) in [5, 5.41) is 2.79. The smallest absolute Gasteiger partial charge is 0.273 e. The number of carbonyl (C=O) groups excluding carboxylic acids is 2. The fraction of sp³-hybridized carbons (Fsp3) is 0.800. The number of aromatic nitrogens is 1. The first-order valence-electron chi connectivity index (χ1n) is 12.6. The lowest BCUT2D eigenvalue weighted by Crippen LogP contribution is -2.32. The molecule has 1 aromatic heterocycles. The number of nitrogens with one attached hydrogen (secondary N) is 1. The van der Waals surface area contributed by atoms with Gasteiger partial charge in [-0.2, -0.15) is 0 Å². The van der Waals surface area contributed by atoms with Gasteiger partial charge in [0.15, 0.2) is 5.69 Å². The minimum atomic E-state index is -0.284. The molecule has 0 spiro atoms. The van der Waals surface area contributed by atoms with Gasteiger partial charge in [0, 0.05) is 46.9 Å². The van der Waals surface area contributed by atoms with Gasteiger partial charge in [-0.05, 0) is 19.3 Å². The summed E-state index contributed by atoms with van der Waals surface area (Å²) in [5.74, 6) is 0.181. The molecule has 8 heteroatoms. The lowest BCUT2D eigenvalue weighted by atomic mass is 10.1. The highest BCUT2D eigenvalue weighted by Crippen LogP contribution is 2.13. The summed E-state index contributed by atoms with van der Waals surface area (Å²) < 4.78 is 15.6. The van der Waals surface area contributed by atoms with Crippen LogP contribution < -0.4 is 5.32 Å². The Balaban J connectivity index is 2.43. The molecule has 1 N–H and O–H groups in total. The molecule has 0 unspecified atom stereocenters. The fourth-order valence-corrected chi connectivity index (χ4v) is 3.60. The van der Waals surface area contributed by atoms with Gasteiger partial charge in [-0.3, -0.25) is 9.59 Å². The molecule has 0 atom stereocenters. The lowest BCUT2D eigenvalue weighted by molar-refractivity contribution is -0.132. The molecule has 0 radical (unpaired) electrons. The SMILES string of the molecule is CCCCCCCCCCCC(=O)N(CCCOC)Cc1nc(C(=O)NCCCOC)co1. The van der Waals surface area contributed by atoms with Crippen LogP contribution >= 0.6 is 0 Å². The van der Waals surface area contributed by atoms with E-state index in [4.69, 9.17) is 13.9 Å². The van der Waals surface area contributed by atoms with E-state index in [0.29, 0.717) is 38.6 Å². The Labute approximate surface area is 199 Å². The van der Waals surface area contributed by atoms with E-state index in [0.717, 1.165) is 25.7 Å². The maximum Gasteiger partial charge on any atom is 0.273 e. The van der Waals surface area contributed by atoms with Crippen LogP contribution in [-0.4, -0.2) is 62.2 Å². The van der Waals surface area contributed by atoms with Crippen LogP contribution in [0.3, 0.4) is 0 Å². The Hall–Kier alpha value is -1.93. The maximum atomic E-state index is 12.8. The van der Waals surface area contributed by atoms with Crippen molar-refractivity contribution in [1.82, 2.24) is 15.2 Å². The van der Waals surface area contributed by atoms with E-state index in [-0.39, 0.29) is 24.1 Å². The number of rotatable bonds is 21. The maximum absolute atomic E-state index is 12.8. The largest absolute Gasteiger partial charge is 0.446 e. The summed E-state index contributed by atoms with van der Waals surface area (Å²) in [6, 6.07) is 0. The van der Waals surface area contributed by atoms with Gasteiger partial charge in [0.2, 0.25) is 11.8 Å². The van der Waals surface area contributed by atoms with E-state index < -0.39 is 0 Å². The van der Waals surface area contributed by atoms with Crippen LogP contribution in [0.5, 0.6) is 0 Å². The molecule has 0 aliphatic carbocycles. The summed E-state index contributed by atoms with van der Waals surface area (Å²) in [5.41, 5.74) is 0.227. The highest BCUT2D eigenvalue weighted by Gasteiger charge is 2.18. The van der Waals surface area contributed by atoms with Gasteiger partial charge in [-0.25, -0.2) is 4.98 Å². The molecule has 1 rings (SSSR count). The topological polar surface area (TPSA) is 93.9 Å². The number of nitrogens with zero attached hydrogens (tertiary/aromatic N) is 2. The van der Waals surface area contributed by atoms with Crippen LogP contribution in [0.1, 0.15) is 100 Å². The Bertz CT molecular complexity index is 635. The van der Waals surface area contributed by atoms with Crippen LogP contribution in [0.25, 0.3) is 0 Å². The second kappa shape index (κ2) is 19.5. The zero-order valence-corrected chi connectivity index (χ0v) is 21.0. The second-order valence-corrected chi connectivity index (χ2v) is 8.47. The Morgan fingerprint density at radius 1 is 0.939 bits per heavy atom. The number of hydrogen-bond acceptors (Lipinski definition) is 6. The normalized spacial score (nSPS) is 11.0. The summed E-state index contributed by atoms with van der Waals surface area (Å²) in [4.78, 5) is 31.0. The summed E-state index contributed by atoms with van der Waals surface area (Å²) in [6.07, 6.45) is 14.3. The molecule has 8 nitrogen and oxygen atoms in total. The molecule has 33 heavy (non-hydrogen) atoms. The Morgan fingerprint density at radius 2 is 1.58 bits per heavy atom. The average molecular weight is 468 g/mol. The summed E-state index contributed by atoms with van der Waals surface area (Å²) in [7, 11) is 3.28. The highest BCUT2D eigenvalue weighted by atomic mass is 16.5. The first-order chi connectivity index (χ1) is 16.1. The zero-order valence-electron chi connectivity index (χ0n) is 21.0. The van der Waals surface area contributed by atoms with Crippen molar-refractivity contribution in [2.75, 3.05) is 40.5 Å².